The van der Waals surface area contributed by atoms with E-state index in [1.54, 1.807) is 49.5 Å². The van der Waals surface area contributed by atoms with Gasteiger partial charge in [0.15, 0.2) is 0 Å². The summed E-state index contributed by atoms with van der Waals surface area (Å²) in [7, 11) is 2.10. The van der Waals surface area contributed by atoms with Crippen LogP contribution in [0.5, 0.6) is 5.75 Å². The third-order valence-corrected chi connectivity index (χ3v) is 8.16. The summed E-state index contributed by atoms with van der Waals surface area (Å²) in [5.41, 5.74) is 4.56. The van der Waals surface area contributed by atoms with E-state index in [0.717, 1.165) is 23.0 Å². The molecule has 45 heavy (non-hydrogen) atoms. The molecular formula is C32H33Cl2N5O5S. The van der Waals surface area contributed by atoms with Gasteiger partial charge in [0, 0.05) is 48.9 Å². The number of halogens is 2. The highest BCUT2D eigenvalue weighted by Crippen LogP contribution is 2.36. The molecule has 0 radical (unpaired) electrons. The first-order valence-electron chi connectivity index (χ1n) is 13.7. The Labute approximate surface area is 272 Å². The fourth-order valence-corrected chi connectivity index (χ4v) is 5.64. The zero-order valence-corrected chi connectivity index (χ0v) is 27.7. The number of fused-ring (bicyclic) bond motifs is 1. The Bertz CT molecular complexity index is 1880. The molecule has 0 spiro atoms. The second-order valence-corrected chi connectivity index (χ2v) is 13.0. The Kier molecular flexibility index (Phi) is 10.6. The van der Waals surface area contributed by atoms with E-state index < -0.39 is 21.8 Å². The van der Waals surface area contributed by atoms with E-state index in [0.29, 0.717) is 38.8 Å². The number of hydrogen-bond donors (Lipinski definition) is 2. The first-order chi connectivity index (χ1) is 21.2. The molecular weight excluding hydrogens is 637 g/mol. The molecule has 236 valence electrons. The fourth-order valence-electron chi connectivity index (χ4n) is 4.47. The molecule has 0 unspecified atom stereocenters. The van der Waals surface area contributed by atoms with Gasteiger partial charge in [-0.15, -0.1) is 0 Å². The van der Waals surface area contributed by atoms with Crippen molar-refractivity contribution >= 4 is 79.1 Å². The van der Waals surface area contributed by atoms with Crippen molar-refractivity contribution in [2.45, 2.75) is 13.5 Å². The van der Waals surface area contributed by atoms with E-state index in [9.17, 15) is 18.0 Å². The number of para-hydroxylation sites is 1. The predicted molar refractivity (Wildman–Crippen MR) is 182 cm³/mol. The topological polar surface area (TPSA) is 121 Å². The van der Waals surface area contributed by atoms with Crippen LogP contribution in [0.15, 0.2) is 66.7 Å². The highest BCUT2D eigenvalue weighted by atomic mass is 35.5. The van der Waals surface area contributed by atoms with Crippen LogP contribution in [0.25, 0.3) is 17.0 Å². The zero-order chi connectivity index (χ0) is 32.9. The first kappa shape index (κ1) is 33.6. The van der Waals surface area contributed by atoms with Gasteiger partial charge in [-0.05, 0) is 55.0 Å². The zero-order valence-electron chi connectivity index (χ0n) is 25.4. The molecule has 0 aliphatic rings. The number of ether oxygens (including phenoxy) is 1. The van der Waals surface area contributed by atoms with Crippen molar-refractivity contribution in [1.29, 1.82) is 0 Å². The smallest absolute Gasteiger partial charge is 0.246 e. The molecule has 1 aromatic heterocycles. The number of pyridine rings is 1. The lowest BCUT2D eigenvalue weighted by molar-refractivity contribution is -0.122. The lowest BCUT2D eigenvalue weighted by Gasteiger charge is -2.21. The van der Waals surface area contributed by atoms with Gasteiger partial charge in [0.05, 0.1) is 34.9 Å². The molecule has 4 aromatic rings. The van der Waals surface area contributed by atoms with Gasteiger partial charge < -0.3 is 19.9 Å². The number of carbonyl (C=O) groups is 2. The number of carbonyl (C=O) groups excluding carboxylic acids is 2. The number of aromatic nitrogens is 1. The monoisotopic (exact) mass is 669 g/mol. The molecule has 3 aromatic carbocycles. The van der Waals surface area contributed by atoms with Crippen molar-refractivity contribution in [3.63, 3.8) is 0 Å². The Morgan fingerprint density at radius 2 is 1.71 bits per heavy atom. The number of hydrogen-bond acceptors (Lipinski definition) is 7. The van der Waals surface area contributed by atoms with Gasteiger partial charge >= 0.3 is 0 Å². The van der Waals surface area contributed by atoms with Crippen molar-refractivity contribution in [1.82, 2.24) is 10.3 Å². The lowest BCUT2D eigenvalue weighted by Crippen LogP contribution is -2.37. The van der Waals surface area contributed by atoms with Crippen LogP contribution < -0.4 is 24.6 Å². The molecule has 0 atom stereocenters. The van der Waals surface area contributed by atoms with Gasteiger partial charge in [-0.1, -0.05) is 47.5 Å². The second-order valence-electron chi connectivity index (χ2n) is 10.5. The molecule has 13 heteroatoms. The van der Waals surface area contributed by atoms with Gasteiger partial charge in [0.2, 0.25) is 21.8 Å². The van der Waals surface area contributed by atoms with Gasteiger partial charge in [-0.3, -0.25) is 14.3 Å². The summed E-state index contributed by atoms with van der Waals surface area (Å²) in [6.07, 6.45) is 3.89. The lowest BCUT2D eigenvalue weighted by atomic mass is 10.1. The SMILES string of the molecule is Cc1nc2c(OCc3c(Cl)ccc(N(C)C(=O)CNC(=O)C=Cc4ccc(NS(C)(=O)=O)cc4)c3Cl)cccc2cc1N(C)C. The van der Waals surface area contributed by atoms with Gasteiger partial charge in [-0.2, -0.15) is 0 Å². The predicted octanol–water partition coefficient (Wildman–Crippen LogP) is 5.66. The summed E-state index contributed by atoms with van der Waals surface area (Å²) in [6, 6.07) is 17.5. The standard InChI is InChI=1S/C32H33Cl2N5O5S/c1-20-27(38(2)3)17-22-7-6-8-28(32(22)36-20)44-19-24-25(33)14-15-26(31(24)34)39(4)30(41)18-35-29(40)16-11-21-9-12-23(13-10-21)37-45(5,42)43/h6-17,37H,18-19H2,1-5H3,(H,35,40). The molecule has 1 heterocycles. The molecule has 2 amide bonds. The van der Waals surface area contributed by atoms with Crippen LogP contribution in [0.4, 0.5) is 17.1 Å². The molecule has 0 saturated heterocycles. The number of rotatable bonds is 11. The number of benzene rings is 3. The average molecular weight is 671 g/mol. The highest BCUT2D eigenvalue weighted by molar-refractivity contribution is 7.92. The summed E-state index contributed by atoms with van der Waals surface area (Å²) in [6.45, 7) is 1.70. The summed E-state index contributed by atoms with van der Waals surface area (Å²) >= 11 is 13.2. The fraction of sp³-hybridized carbons (Fsp3) is 0.219. The maximum absolute atomic E-state index is 13.0. The van der Waals surface area contributed by atoms with Gasteiger partial charge in [0.1, 0.15) is 17.9 Å². The van der Waals surface area contributed by atoms with Crippen LogP contribution in [-0.4, -0.2) is 59.2 Å². The van der Waals surface area contributed by atoms with E-state index in [2.05, 4.69) is 16.1 Å². The number of aryl methyl sites for hydroxylation is 1. The normalized spacial score (nSPS) is 11.4. The maximum atomic E-state index is 13.0. The van der Waals surface area contributed by atoms with Gasteiger partial charge in [-0.25, -0.2) is 13.4 Å². The summed E-state index contributed by atoms with van der Waals surface area (Å²) in [4.78, 5) is 33.4. The van der Waals surface area contributed by atoms with Crippen molar-refractivity contribution in [3.05, 3.63) is 93.6 Å². The summed E-state index contributed by atoms with van der Waals surface area (Å²) in [5, 5.41) is 4.11. The third kappa shape index (κ3) is 8.65. The van der Waals surface area contributed by atoms with E-state index in [1.165, 1.54) is 11.0 Å². The Morgan fingerprint density at radius 1 is 1.00 bits per heavy atom. The van der Waals surface area contributed by atoms with Crippen LogP contribution in [-0.2, 0) is 26.2 Å². The molecule has 4 rings (SSSR count). The largest absolute Gasteiger partial charge is 0.487 e. The van der Waals surface area contributed by atoms with Crippen molar-refractivity contribution in [3.8, 4) is 5.75 Å². The highest BCUT2D eigenvalue weighted by Gasteiger charge is 2.19. The quantitative estimate of drug-likeness (QED) is 0.198. The van der Waals surface area contributed by atoms with E-state index in [1.807, 2.05) is 44.1 Å². The van der Waals surface area contributed by atoms with Crippen molar-refractivity contribution in [2.75, 3.05) is 48.5 Å². The molecule has 0 fully saturated rings. The molecule has 2 N–H and O–H groups in total. The molecule has 0 aliphatic carbocycles. The van der Waals surface area contributed by atoms with Crippen LogP contribution in [0.3, 0.4) is 0 Å². The van der Waals surface area contributed by atoms with E-state index in [4.69, 9.17) is 32.9 Å². The van der Waals surface area contributed by atoms with E-state index in [-0.39, 0.29) is 18.2 Å². The van der Waals surface area contributed by atoms with Crippen molar-refractivity contribution < 1.29 is 22.7 Å². The molecule has 0 saturated carbocycles. The van der Waals surface area contributed by atoms with E-state index >= 15 is 0 Å². The summed E-state index contributed by atoms with van der Waals surface area (Å²) < 4.78 is 31.2. The number of nitrogens with one attached hydrogen (secondary N) is 2. The van der Waals surface area contributed by atoms with Crippen LogP contribution in [0.1, 0.15) is 16.8 Å². The second kappa shape index (κ2) is 14.2. The molecule has 10 nitrogen and oxygen atoms in total. The number of anilines is 3. The average Bonchev–Trinajstić information content (AvgIpc) is 2.98. The van der Waals surface area contributed by atoms with Crippen molar-refractivity contribution in [2.24, 2.45) is 0 Å². The first-order valence-corrected chi connectivity index (χ1v) is 16.4. The van der Waals surface area contributed by atoms with Crippen LogP contribution >= 0.6 is 23.2 Å². The summed E-state index contributed by atoms with van der Waals surface area (Å²) in [5.74, 6) is -0.322. The third-order valence-electron chi connectivity index (χ3n) is 6.78. The number of amides is 2. The minimum Gasteiger partial charge on any atom is -0.487 e. The van der Waals surface area contributed by atoms with Gasteiger partial charge in [0.25, 0.3) is 0 Å². The Morgan fingerprint density at radius 3 is 2.38 bits per heavy atom. The van der Waals surface area contributed by atoms with Crippen LogP contribution in [0.2, 0.25) is 10.0 Å². The number of likely N-dealkylation sites (N-methyl/N-ethyl adjacent to an activating group) is 1. The molecule has 0 bridgehead atoms. The minimum absolute atomic E-state index is 0.0373. The van der Waals surface area contributed by atoms with Crippen LogP contribution in [0, 0.1) is 6.92 Å². The minimum atomic E-state index is -3.39. The Hall–Kier alpha value is -4.32. The maximum Gasteiger partial charge on any atom is 0.246 e. The Balaban J connectivity index is 1.40. The number of nitrogens with zero attached hydrogens (tertiary/aromatic N) is 3. The number of sulfonamides is 1. The molecule has 0 aliphatic heterocycles.